The second kappa shape index (κ2) is 13.7. The number of rotatable bonds is 7. The number of hydrogen-bond donors (Lipinski definition) is 0. The van der Waals surface area contributed by atoms with E-state index in [4.69, 9.17) is 0 Å². The fourth-order valence-electron chi connectivity index (χ4n) is 7.76. The Hall–Kier alpha value is -6.74. The van der Waals surface area contributed by atoms with Gasteiger partial charge in [0.2, 0.25) is 0 Å². The van der Waals surface area contributed by atoms with Crippen LogP contribution in [-0.4, -0.2) is 0 Å². The van der Waals surface area contributed by atoms with Gasteiger partial charge in [0.05, 0.1) is 0 Å². The lowest BCUT2D eigenvalue weighted by atomic mass is 9.91. The SMILES string of the molecule is c1ccc(-c2cc(-c3ccccc3)cc(N(c3ccc(-c4cc5ccccc5cc4-c4ccccc4)cc3)c3ccc4c(c3)sc3ccccc34)c2)cc1. The van der Waals surface area contributed by atoms with Gasteiger partial charge in [-0.2, -0.15) is 0 Å². The zero-order valence-corrected chi connectivity index (χ0v) is 30.4. The first-order chi connectivity index (χ1) is 26.7. The second-order valence-corrected chi connectivity index (χ2v) is 14.9. The summed E-state index contributed by atoms with van der Waals surface area (Å²) >= 11 is 1.86. The van der Waals surface area contributed by atoms with Crippen LogP contribution in [0.4, 0.5) is 17.1 Å². The van der Waals surface area contributed by atoms with Crippen LogP contribution in [0.15, 0.2) is 212 Å². The van der Waals surface area contributed by atoms with Gasteiger partial charge in [-0.3, -0.25) is 0 Å². The summed E-state index contributed by atoms with van der Waals surface area (Å²) in [5.41, 5.74) is 12.9. The van der Waals surface area contributed by atoms with Gasteiger partial charge in [-0.15, -0.1) is 11.3 Å². The molecular weight excluding hydrogens is 671 g/mol. The Morgan fingerprint density at radius 2 is 0.759 bits per heavy atom. The van der Waals surface area contributed by atoms with Crippen molar-refractivity contribution >= 4 is 59.3 Å². The van der Waals surface area contributed by atoms with Crippen LogP contribution in [0.1, 0.15) is 0 Å². The van der Waals surface area contributed by atoms with Crippen molar-refractivity contribution in [3.8, 4) is 44.5 Å². The fraction of sp³-hybridized carbons (Fsp3) is 0. The molecule has 10 rings (SSSR count). The summed E-state index contributed by atoms with van der Waals surface area (Å²) in [5.74, 6) is 0. The van der Waals surface area contributed by atoms with Crippen LogP contribution in [0.5, 0.6) is 0 Å². The van der Waals surface area contributed by atoms with Crippen LogP contribution in [-0.2, 0) is 0 Å². The van der Waals surface area contributed by atoms with Gasteiger partial charge in [0.25, 0.3) is 0 Å². The van der Waals surface area contributed by atoms with Crippen molar-refractivity contribution in [3.05, 3.63) is 212 Å². The van der Waals surface area contributed by atoms with Crippen molar-refractivity contribution in [2.24, 2.45) is 0 Å². The summed E-state index contributed by atoms with van der Waals surface area (Å²) in [5, 5.41) is 5.08. The topological polar surface area (TPSA) is 3.24 Å². The molecule has 1 aromatic heterocycles. The summed E-state index contributed by atoms with van der Waals surface area (Å²) in [7, 11) is 0. The monoisotopic (exact) mass is 705 g/mol. The van der Waals surface area contributed by atoms with E-state index >= 15 is 0 Å². The van der Waals surface area contributed by atoms with E-state index < -0.39 is 0 Å². The van der Waals surface area contributed by atoms with Gasteiger partial charge >= 0.3 is 0 Å². The van der Waals surface area contributed by atoms with Crippen molar-refractivity contribution in [3.63, 3.8) is 0 Å². The molecule has 54 heavy (non-hydrogen) atoms. The van der Waals surface area contributed by atoms with Crippen molar-refractivity contribution < 1.29 is 0 Å². The van der Waals surface area contributed by atoms with E-state index in [0.29, 0.717) is 0 Å². The van der Waals surface area contributed by atoms with Crippen LogP contribution in [0, 0.1) is 0 Å². The Kier molecular flexibility index (Phi) is 8.09. The minimum atomic E-state index is 1.10. The van der Waals surface area contributed by atoms with E-state index in [1.807, 2.05) is 11.3 Å². The molecule has 0 N–H and O–H groups in total. The zero-order valence-electron chi connectivity index (χ0n) is 29.6. The minimum absolute atomic E-state index is 1.10. The molecule has 0 atom stereocenters. The molecular formula is C52H35NS. The number of anilines is 3. The predicted molar refractivity (Wildman–Crippen MR) is 233 cm³/mol. The lowest BCUT2D eigenvalue weighted by Crippen LogP contribution is -2.10. The Balaban J connectivity index is 1.17. The van der Waals surface area contributed by atoms with Gasteiger partial charge in [-0.05, 0) is 116 Å². The molecule has 1 heterocycles. The van der Waals surface area contributed by atoms with Gasteiger partial charge in [0, 0.05) is 37.2 Å². The van der Waals surface area contributed by atoms with E-state index in [9.17, 15) is 0 Å². The molecule has 2 heteroatoms. The molecule has 0 aliphatic heterocycles. The number of thiophene rings is 1. The van der Waals surface area contributed by atoms with Gasteiger partial charge in [-0.25, -0.2) is 0 Å². The van der Waals surface area contributed by atoms with Crippen molar-refractivity contribution in [1.82, 2.24) is 0 Å². The molecule has 9 aromatic carbocycles. The highest BCUT2D eigenvalue weighted by atomic mass is 32.1. The lowest BCUT2D eigenvalue weighted by molar-refractivity contribution is 1.29. The Labute approximate surface area is 319 Å². The third kappa shape index (κ3) is 5.93. The van der Waals surface area contributed by atoms with E-state index in [1.165, 1.54) is 75.5 Å². The van der Waals surface area contributed by atoms with Crippen molar-refractivity contribution in [2.45, 2.75) is 0 Å². The molecule has 0 bridgehead atoms. The maximum absolute atomic E-state index is 2.42. The van der Waals surface area contributed by atoms with Gasteiger partial charge in [0.1, 0.15) is 0 Å². The van der Waals surface area contributed by atoms with Crippen LogP contribution in [0.25, 0.3) is 75.5 Å². The molecule has 0 fully saturated rings. The van der Waals surface area contributed by atoms with Crippen LogP contribution < -0.4 is 4.90 Å². The molecule has 10 aromatic rings. The van der Waals surface area contributed by atoms with Gasteiger partial charge in [0.15, 0.2) is 0 Å². The summed E-state index contributed by atoms with van der Waals surface area (Å²) in [6.07, 6.45) is 0. The van der Waals surface area contributed by atoms with Crippen LogP contribution in [0.3, 0.4) is 0 Å². The minimum Gasteiger partial charge on any atom is -0.310 e. The Bertz CT molecular complexity index is 2850. The molecule has 254 valence electrons. The molecule has 0 spiro atoms. The molecule has 0 saturated heterocycles. The highest BCUT2D eigenvalue weighted by Gasteiger charge is 2.18. The first kappa shape index (κ1) is 32.0. The number of fused-ring (bicyclic) bond motifs is 4. The van der Waals surface area contributed by atoms with E-state index in [2.05, 4.69) is 217 Å². The van der Waals surface area contributed by atoms with E-state index in [0.717, 1.165) is 17.1 Å². The summed E-state index contributed by atoms with van der Waals surface area (Å²) in [6, 6.07) is 77.3. The van der Waals surface area contributed by atoms with E-state index in [-0.39, 0.29) is 0 Å². The van der Waals surface area contributed by atoms with E-state index in [1.54, 1.807) is 0 Å². The van der Waals surface area contributed by atoms with Crippen molar-refractivity contribution in [2.75, 3.05) is 4.90 Å². The van der Waals surface area contributed by atoms with Crippen LogP contribution in [0.2, 0.25) is 0 Å². The van der Waals surface area contributed by atoms with Gasteiger partial charge < -0.3 is 4.90 Å². The molecule has 0 amide bonds. The third-order valence-corrected chi connectivity index (χ3v) is 11.6. The molecule has 0 aliphatic carbocycles. The van der Waals surface area contributed by atoms with Crippen molar-refractivity contribution in [1.29, 1.82) is 0 Å². The first-order valence-corrected chi connectivity index (χ1v) is 19.2. The molecule has 0 saturated carbocycles. The third-order valence-electron chi connectivity index (χ3n) is 10.4. The first-order valence-electron chi connectivity index (χ1n) is 18.4. The lowest BCUT2D eigenvalue weighted by Gasteiger charge is -2.27. The molecule has 0 aliphatic rings. The maximum atomic E-state index is 2.42. The Morgan fingerprint density at radius 3 is 1.37 bits per heavy atom. The number of hydrogen-bond acceptors (Lipinski definition) is 2. The Morgan fingerprint density at radius 1 is 0.278 bits per heavy atom. The normalized spacial score (nSPS) is 11.3. The largest absolute Gasteiger partial charge is 0.310 e. The highest BCUT2D eigenvalue weighted by Crippen LogP contribution is 2.44. The highest BCUT2D eigenvalue weighted by molar-refractivity contribution is 7.25. The molecule has 1 nitrogen and oxygen atoms in total. The summed E-state index contributed by atoms with van der Waals surface area (Å²) < 4.78 is 2.59. The maximum Gasteiger partial charge on any atom is 0.0476 e. The zero-order chi connectivity index (χ0) is 35.8. The smallest absolute Gasteiger partial charge is 0.0476 e. The van der Waals surface area contributed by atoms with Crippen LogP contribution >= 0.6 is 11.3 Å². The fourth-order valence-corrected chi connectivity index (χ4v) is 8.90. The number of nitrogens with zero attached hydrogens (tertiary/aromatic N) is 1. The quantitative estimate of drug-likeness (QED) is 0.160. The summed E-state index contributed by atoms with van der Waals surface area (Å²) in [4.78, 5) is 2.42. The summed E-state index contributed by atoms with van der Waals surface area (Å²) in [6.45, 7) is 0. The average Bonchev–Trinajstić information content (AvgIpc) is 3.62. The molecule has 0 radical (unpaired) electrons. The second-order valence-electron chi connectivity index (χ2n) is 13.8. The number of benzene rings is 9. The molecule has 0 unspecified atom stereocenters. The standard InChI is InChI=1S/C52H35NS/c1-4-14-36(15-5-1)42-30-43(37-16-6-2-7-17-37)32-46(31-42)53(45-28-29-48-47-22-12-13-23-51(47)54-52(48)35-45)44-26-24-39(25-27-44)50-34-41-21-11-10-20-40(41)33-49(50)38-18-8-3-9-19-38/h1-35H. The van der Waals surface area contributed by atoms with Gasteiger partial charge in [-0.1, -0.05) is 152 Å². The average molecular weight is 706 g/mol. The predicted octanol–water partition coefficient (Wildman–Crippen LogP) is 15.3.